The molecule has 4 rings (SSSR count). The minimum Gasteiger partial charge on any atom is -0.494 e. The molecule has 0 radical (unpaired) electrons. The van der Waals surface area contributed by atoms with Crippen LogP contribution in [0, 0.1) is 11.7 Å². The van der Waals surface area contributed by atoms with Crippen LogP contribution in [-0.2, 0) is 12.8 Å². The third-order valence-electron chi connectivity index (χ3n) is 6.87. The number of halogens is 1. The molecule has 0 bridgehead atoms. The maximum absolute atomic E-state index is 15.0. The fourth-order valence-corrected chi connectivity index (χ4v) is 4.90. The van der Waals surface area contributed by atoms with Gasteiger partial charge in [0.15, 0.2) is 0 Å². The molecule has 0 aliphatic heterocycles. The second kappa shape index (κ2) is 9.64. The monoisotopic (exact) mass is 404 g/mol. The first-order valence-electron chi connectivity index (χ1n) is 11.6. The Morgan fingerprint density at radius 3 is 2.33 bits per heavy atom. The Balaban J connectivity index is 1.40. The Kier molecular flexibility index (Phi) is 6.72. The summed E-state index contributed by atoms with van der Waals surface area (Å²) in [6, 6.07) is 18.6. The van der Waals surface area contributed by atoms with Crippen LogP contribution in [0.4, 0.5) is 4.39 Å². The van der Waals surface area contributed by atoms with Gasteiger partial charge in [-0.05, 0) is 97.6 Å². The Labute approximate surface area is 180 Å². The first kappa shape index (κ1) is 20.9. The average molecular weight is 405 g/mol. The molecule has 0 aromatic heterocycles. The molecule has 1 aliphatic carbocycles. The predicted molar refractivity (Wildman–Crippen MR) is 124 cm³/mol. The van der Waals surface area contributed by atoms with Crippen LogP contribution < -0.4 is 4.74 Å². The summed E-state index contributed by atoms with van der Waals surface area (Å²) in [7, 11) is 0. The van der Waals surface area contributed by atoms with Gasteiger partial charge in [0.2, 0.25) is 0 Å². The first-order chi connectivity index (χ1) is 14.7. The third-order valence-corrected chi connectivity index (χ3v) is 6.87. The van der Waals surface area contributed by atoms with Gasteiger partial charge in [0.25, 0.3) is 0 Å². The van der Waals surface area contributed by atoms with Crippen molar-refractivity contribution in [3.63, 3.8) is 0 Å². The quantitative estimate of drug-likeness (QED) is 0.389. The number of hydrogen-bond acceptors (Lipinski definition) is 1. The van der Waals surface area contributed by atoms with Crippen molar-refractivity contribution >= 4 is 10.8 Å². The van der Waals surface area contributed by atoms with Gasteiger partial charge in [0, 0.05) is 5.39 Å². The zero-order valence-corrected chi connectivity index (χ0v) is 18.3. The molecule has 0 atom stereocenters. The second-order valence-corrected chi connectivity index (χ2v) is 8.72. The molecule has 0 spiro atoms. The first-order valence-corrected chi connectivity index (χ1v) is 11.6. The van der Waals surface area contributed by atoms with E-state index in [0.717, 1.165) is 41.4 Å². The summed E-state index contributed by atoms with van der Waals surface area (Å²) >= 11 is 0. The van der Waals surface area contributed by atoms with Crippen molar-refractivity contribution in [2.45, 2.75) is 64.7 Å². The standard InChI is InChI=1S/C28H33FO/c1-3-20-5-10-22(11-6-20)23-12-7-21(8-13-23)9-14-24-15-16-25-19-26(30-4-2)17-18-27(25)28(24)29/h7-8,12-13,15-20,22H,3-6,9-11,14H2,1-2H3. The normalized spacial score (nSPS) is 19.2. The van der Waals surface area contributed by atoms with Crippen molar-refractivity contribution in [2.75, 3.05) is 6.61 Å². The lowest BCUT2D eigenvalue weighted by Crippen LogP contribution is -2.12. The van der Waals surface area contributed by atoms with Crippen LogP contribution in [0.2, 0.25) is 0 Å². The minimum atomic E-state index is -0.0974. The van der Waals surface area contributed by atoms with Crippen molar-refractivity contribution in [3.8, 4) is 5.75 Å². The van der Waals surface area contributed by atoms with E-state index >= 15 is 4.39 Å². The third kappa shape index (κ3) is 4.69. The van der Waals surface area contributed by atoms with E-state index in [9.17, 15) is 0 Å². The Morgan fingerprint density at radius 2 is 1.63 bits per heavy atom. The summed E-state index contributed by atoms with van der Waals surface area (Å²) in [5, 5.41) is 1.57. The molecule has 1 aliphatic rings. The van der Waals surface area contributed by atoms with E-state index in [2.05, 4.69) is 31.2 Å². The molecule has 3 aromatic rings. The van der Waals surface area contributed by atoms with E-state index in [0.29, 0.717) is 12.0 Å². The molecular weight excluding hydrogens is 371 g/mol. The van der Waals surface area contributed by atoms with E-state index in [1.807, 2.05) is 37.3 Å². The smallest absolute Gasteiger partial charge is 0.134 e. The number of aryl methyl sites for hydroxylation is 2. The van der Waals surface area contributed by atoms with Crippen molar-refractivity contribution in [3.05, 3.63) is 77.1 Å². The Hall–Kier alpha value is -2.35. The molecule has 0 heterocycles. The van der Waals surface area contributed by atoms with Crippen LogP contribution in [0.5, 0.6) is 5.75 Å². The highest BCUT2D eigenvalue weighted by molar-refractivity contribution is 5.85. The molecule has 1 fully saturated rings. The molecule has 1 saturated carbocycles. The maximum atomic E-state index is 15.0. The molecular formula is C28H33FO. The lowest BCUT2D eigenvalue weighted by atomic mass is 9.78. The zero-order valence-electron chi connectivity index (χ0n) is 18.3. The van der Waals surface area contributed by atoms with Crippen molar-refractivity contribution in [1.82, 2.24) is 0 Å². The number of benzene rings is 3. The summed E-state index contributed by atoms with van der Waals surface area (Å²) in [4.78, 5) is 0. The number of ether oxygens (including phenoxy) is 1. The molecule has 0 amide bonds. The van der Waals surface area contributed by atoms with Crippen molar-refractivity contribution in [1.29, 1.82) is 0 Å². The average Bonchev–Trinajstić information content (AvgIpc) is 2.79. The molecule has 1 nitrogen and oxygen atoms in total. The van der Waals surface area contributed by atoms with Crippen LogP contribution in [0.15, 0.2) is 54.6 Å². The van der Waals surface area contributed by atoms with Crippen LogP contribution >= 0.6 is 0 Å². The maximum Gasteiger partial charge on any atom is 0.134 e. The molecule has 3 aromatic carbocycles. The lowest BCUT2D eigenvalue weighted by Gasteiger charge is -2.28. The van der Waals surface area contributed by atoms with Crippen LogP contribution in [-0.4, -0.2) is 6.61 Å². The van der Waals surface area contributed by atoms with E-state index < -0.39 is 0 Å². The van der Waals surface area contributed by atoms with Gasteiger partial charge in [-0.3, -0.25) is 0 Å². The highest BCUT2D eigenvalue weighted by Gasteiger charge is 2.21. The highest BCUT2D eigenvalue weighted by atomic mass is 19.1. The molecule has 30 heavy (non-hydrogen) atoms. The molecule has 0 N–H and O–H groups in total. The van der Waals surface area contributed by atoms with Crippen molar-refractivity contribution < 1.29 is 9.13 Å². The van der Waals surface area contributed by atoms with Crippen LogP contribution in [0.3, 0.4) is 0 Å². The Morgan fingerprint density at radius 1 is 0.867 bits per heavy atom. The van der Waals surface area contributed by atoms with E-state index in [-0.39, 0.29) is 5.82 Å². The Bertz CT molecular complexity index is 968. The highest BCUT2D eigenvalue weighted by Crippen LogP contribution is 2.37. The van der Waals surface area contributed by atoms with E-state index in [1.165, 1.54) is 43.2 Å². The summed E-state index contributed by atoms with van der Waals surface area (Å²) in [5.41, 5.74) is 3.55. The minimum absolute atomic E-state index is 0.0974. The van der Waals surface area contributed by atoms with Gasteiger partial charge in [-0.25, -0.2) is 4.39 Å². The summed E-state index contributed by atoms with van der Waals surface area (Å²) < 4.78 is 20.5. The summed E-state index contributed by atoms with van der Waals surface area (Å²) in [6.07, 6.45) is 8.30. The topological polar surface area (TPSA) is 9.23 Å². The van der Waals surface area contributed by atoms with Gasteiger partial charge in [0.1, 0.15) is 11.6 Å². The second-order valence-electron chi connectivity index (χ2n) is 8.72. The van der Waals surface area contributed by atoms with E-state index in [4.69, 9.17) is 4.74 Å². The predicted octanol–water partition coefficient (Wildman–Crippen LogP) is 7.85. The van der Waals surface area contributed by atoms with Gasteiger partial charge in [-0.2, -0.15) is 0 Å². The van der Waals surface area contributed by atoms with E-state index in [1.54, 1.807) is 0 Å². The molecule has 158 valence electrons. The fraction of sp³-hybridized carbons (Fsp3) is 0.429. The molecule has 0 saturated heterocycles. The molecule has 2 heteroatoms. The number of fused-ring (bicyclic) bond motifs is 1. The van der Waals surface area contributed by atoms with Gasteiger partial charge in [-0.1, -0.05) is 49.7 Å². The van der Waals surface area contributed by atoms with Gasteiger partial charge >= 0.3 is 0 Å². The number of hydrogen-bond donors (Lipinski definition) is 0. The van der Waals surface area contributed by atoms with Gasteiger partial charge in [0.05, 0.1) is 6.61 Å². The fourth-order valence-electron chi connectivity index (χ4n) is 4.90. The molecule has 0 unspecified atom stereocenters. The summed E-state index contributed by atoms with van der Waals surface area (Å²) in [6.45, 7) is 4.89. The van der Waals surface area contributed by atoms with Gasteiger partial charge in [-0.15, -0.1) is 0 Å². The lowest BCUT2D eigenvalue weighted by molar-refractivity contribution is 0.319. The van der Waals surface area contributed by atoms with Crippen molar-refractivity contribution in [2.24, 2.45) is 5.92 Å². The number of rotatable bonds is 7. The van der Waals surface area contributed by atoms with Crippen LogP contribution in [0.25, 0.3) is 10.8 Å². The SMILES string of the molecule is CCOc1ccc2c(F)c(CCc3ccc(C4CCC(CC)CC4)cc3)ccc2c1. The largest absolute Gasteiger partial charge is 0.494 e. The van der Waals surface area contributed by atoms with Crippen LogP contribution in [0.1, 0.15) is 68.6 Å². The summed E-state index contributed by atoms with van der Waals surface area (Å²) in [5.74, 6) is 2.35. The van der Waals surface area contributed by atoms with Gasteiger partial charge < -0.3 is 4.74 Å². The zero-order chi connectivity index (χ0) is 20.9.